The molecule has 30 heavy (non-hydrogen) atoms. The second-order valence-electron chi connectivity index (χ2n) is 7.08. The molecule has 3 aromatic rings. The van der Waals surface area contributed by atoms with E-state index in [1.807, 2.05) is 48.8 Å². The van der Waals surface area contributed by atoms with E-state index in [-0.39, 0.29) is 37.3 Å². The van der Waals surface area contributed by atoms with Crippen LogP contribution in [-0.2, 0) is 11.4 Å². The molecular weight excluding hydrogens is 427 g/mol. The Kier molecular flexibility index (Phi) is 9.92. The molecule has 0 saturated heterocycles. The Hall–Kier alpha value is -2.48. The number of benzene rings is 1. The Bertz CT molecular complexity index is 929. The summed E-state index contributed by atoms with van der Waals surface area (Å²) >= 11 is 0. The largest absolute Gasteiger partial charge is 0.493 e. The minimum Gasteiger partial charge on any atom is -0.493 e. The van der Waals surface area contributed by atoms with E-state index in [9.17, 15) is 4.79 Å². The molecule has 164 valence electrons. The Morgan fingerprint density at radius 3 is 2.63 bits per heavy atom. The number of methoxy groups -OCH3 is 1. The van der Waals surface area contributed by atoms with Crippen LogP contribution >= 0.6 is 24.8 Å². The van der Waals surface area contributed by atoms with Gasteiger partial charge in [0.2, 0.25) is 5.91 Å². The summed E-state index contributed by atoms with van der Waals surface area (Å²) in [4.78, 5) is 16.8. The second kappa shape index (κ2) is 11.6. The van der Waals surface area contributed by atoms with Crippen LogP contribution < -0.4 is 20.5 Å². The van der Waals surface area contributed by atoms with Gasteiger partial charge in [-0.2, -0.15) is 0 Å². The van der Waals surface area contributed by atoms with Gasteiger partial charge < -0.3 is 24.9 Å². The Balaban J connectivity index is 0.00000225. The van der Waals surface area contributed by atoms with Gasteiger partial charge in [-0.3, -0.25) is 4.79 Å². The number of ether oxygens (including phenoxy) is 2. The Labute approximate surface area is 188 Å². The van der Waals surface area contributed by atoms with Gasteiger partial charge >= 0.3 is 0 Å². The van der Waals surface area contributed by atoms with Gasteiger partial charge in [0.05, 0.1) is 18.8 Å². The van der Waals surface area contributed by atoms with Crippen molar-refractivity contribution in [2.24, 2.45) is 11.7 Å². The van der Waals surface area contributed by atoms with Gasteiger partial charge in [-0.25, -0.2) is 4.98 Å². The molecule has 0 aliphatic carbocycles. The number of hydrogen-bond donors (Lipinski definition) is 2. The number of fused-ring (bicyclic) bond motifs is 1. The molecule has 7 nitrogen and oxygen atoms in total. The number of aromatic nitrogens is 2. The first-order valence-electron chi connectivity index (χ1n) is 9.26. The number of halogens is 2. The van der Waals surface area contributed by atoms with Crippen molar-refractivity contribution in [2.45, 2.75) is 32.9 Å². The molecule has 2 aromatic heterocycles. The summed E-state index contributed by atoms with van der Waals surface area (Å²) in [6.07, 6.45) is 4.47. The zero-order valence-corrected chi connectivity index (χ0v) is 18.8. The number of rotatable bonds is 8. The molecule has 0 bridgehead atoms. The van der Waals surface area contributed by atoms with E-state index < -0.39 is 6.04 Å². The first kappa shape index (κ1) is 25.6. The van der Waals surface area contributed by atoms with Crippen LogP contribution in [0.2, 0.25) is 0 Å². The lowest BCUT2D eigenvalue weighted by atomic mass is 10.0. The lowest BCUT2D eigenvalue weighted by molar-refractivity contribution is -0.117. The third-order valence-electron chi connectivity index (χ3n) is 4.28. The van der Waals surface area contributed by atoms with Crippen LogP contribution in [0.4, 0.5) is 5.69 Å². The van der Waals surface area contributed by atoms with Crippen molar-refractivity contribution in [3.63, 3.8) is 0 Å². The van der Waals surface area contributed by atoms with Crippen LogP contribution in [0.3, 0.4) is 0 Å². The third kappa shape index (κ3) is 6.52. The average molecular weight is 455 g/mol. The fourth-order valence-corrected chi connectivity index (χ4v) is 2.93. The number of carbonyl (C=O) groups is 1. The van der Waals surface area contributed by atoms with Crippen LogP contribution in [0.1, 0.15) is 26.0 Å². The van der Waals surface area contributed by atoms with Crippen LogP contribution in [0.15, 0.2) is 48.8 Å². The van der Waals surface area contributed by atoms with Gasteiger partial charge in [0.25, 0.3) is 0 Å². The molecule has 0 saturated carbocycles. The predicted octanol–water partition coefficient (Wildman–Crippen LogP) is 4.08. The number of pyridine rings is 1. The Morgan fingerprint density at radius 2 is 1.97 bits per heavy atom. The van der Waals surface area contributed by atoms with Crippen molar-refractivity contribution in [1.82, 2.24) is 9.38 Å². The summed E-state index contributed by atoms with van der Waals surface area (Å²) in [7, 11) is 1.57. The van der Waals surface area contributed by atoms with Crippen LogP contribution in [0.5, 0.6) is 11.5 Å². The number of anilines is 1. The van der Waals surface area contributed by atoms with Crippen molar-refractivity contribution < 1.29 is 14.3 Å². The fourth-order valence-electron chi connectivity index (χ4n) is 2.93. The van der Waals surface area contributed by atoms with E-state index in [2.05, 4.69) is 10.3 Å². The zero-order chi connectivity index (χ0) is 20.1. The van der Waals surface area contributed by atoms with Crippen molar-refractivity contribution in [3.8, 4) is 11.5 Å². The fraction of sp³-hybridized carbons (Fsp3) is 0.333. The van der Waals surface area contributed by atoms with E-state index in [0.717, 1.165) is 11.3 Å². The van der Waals surface area contributed by atoms with Gasteiger partial charge in [-0.15, -0.1) is 24.8 Å². The first-order chi connectivity index (χ1) is 13.5. The predicted molar refractivity (Wildman–Crippen MR) is 123 cm³/mol. The highest BCUT2D eigenvalue weighted by Gasteiger charge is 2.16. The topological polar surface area (TPSA) is 90.9 Å². The molecule has 0 unspecified atom stereocenters. The maximum Gasteiger partial charge on any atom is 0.241 e. The van der Waals surface area contributed by atoms with Crippen molar-refractivity contribution in [1.29, 1.82) is 0 Å². The lowest BCUT2D eigenvalue weighted by Crippen LogP contribution is -2.36. The molecule has 1 aromatic carbocycles. The molecule has 0 aliphatic heterocycles. The van der Waals surface area contributed by atoms with E-state index in [0.29, 0.717) is 29.5 Å². The van der Waals surface area contributed by atoms with Gasteiger partial charge in [0, 0.05) is 24.1 Å². The maximum atomic E-state index is 12.3. The minimum absolute atomic E-state index is 0. The molecular formula is C21H28Cl2N4O3. The highest BCUT2D eigenvalue weighted by atomic mass is 35.5. The molecule has 1 amide bonds. The van der Waals surface area contributed by atoms with E-state index in [4.69, 9.17) is 15.2 Å². The zero-order valence-electron chi connectivity index (χ0n) is 17.2. The summed E-state index contributed by atoms with van der Waals surface area (Å²) < 4.78 is 13.2. The summed E-state index contributed by atoms with van der Waals surface area (Å²) in [5.41, 5.74) is 8.21. The standard InChI is InChI=1S/C21H26N4O3.2ClH/c1-14(2)10-17(22)21(26)24-15-7-8-18(27-3)19(11-15)28-13-16-12-25-9-5-4-6-20(25)23-16;;/h4-9,11-12,14,17H,10,13,22H2,1-3H3,(H,24,26);2*1H/t17-;;/m0../s1. The average Bonchev–Trinajstić information content (AvgIpc) is 3.09. The first-order valence-corrected chi connectivity index (χ1v) is 9.26. The smallest absolute Gasteiger partial charge is 0.241 e. The molecule has 0 fully saturated rings. The normalized spacial score (nSPS) is 11.4. The summed E-state index contributed by atoms with van der Waals surface area (Å²) in [5, 5.41) is 2.84. The number of nitrogens with zero attached hydrogens (tertiary/aromatic N) is 2. The SMILES string of the molecule is COc1ccc(NC(=O)[C@@H](N)CC(C)C)cc1OCc1cn2ccccc2n1.Cl.Cl. The number of imidazole rings is 1. The molecule has 0 spiro atoms. The van der Waals surface area contributed by atoms with E-state index in [1.54, 1.807) is 25.3 Å². The molecule has 3 rings (SSSR count). The quantitative estimate of drug-likeness (QED) is 0.534. The number of hydrogen-bond acceptors (Lipinski definition) is 5. The van der Waals surface area contributed by atoms with E-state index >= 15 is 0 Å². The van der Waals surface area contributed by atoms with Crippen molar-refractivity contribution in [3.05, 3.63) is 54.5 Å². The second-order valence-corrected chi connectivity index (χ2v) is 7.08. The highest BCUT2D eigenvalue weighted by Crippen LogP contribution is 2.31. The van der Waals surface area contributed by atoms with Crippen LogP contribution in [0.25, 0.3) is 5.65 Å². The maximum absolute atomic E-state index is 12.3. The Morgan fingerprint density at radius 1 is 1.20 bits per heavy atom. The van der Waals surface area contributed by atoms with Crippen LogP contribution in [-0.4, -0.2) is 28.4 Å². The summed E-state index contributed by atoms with van der Waals surface area (Å²) in [6, 6.07) is 10.5. The molecule has 1 atom stereocenters. The van der Waals surface area contributed by atoms with E-state index in [1.165, 1.54) is 0 Å². The summed E-state index contributed by atoms with van der Waals surface area (Å²) in [6.45, 7) is 4.35. The number of amides is 1. The van der Waals surface area contributed by atoms with Crippen LogP contribution in [0, 0.1) is 5.92 Å². The number of nitrogens with two attached hydrogens (primary N) is 1. The molecule has 2 heterocycles. The summed E-state index contributed by atoms with van der Waals surface area (Å²) in [5.74, 6) is 1.23. The van der Waals surface area contributed by atoms with Crippen molar-refractivity contribution in [2.75, 3.05) is 12.4 Å². The van der Waals surface area contributed by atoms with Gasteiger partial charge in [-0.05, 0) is 36.6 Å². The molecule has 3 N–H and O–H groups in total. The lowest BCUT2D eigenvalue weighted by Gasteiger charge is -2.16. The van der Waals surface area contributed by atoms with Gasteiger partial charge in [-0.1, -0.05) is 19.9 Å². The highest BCUT2D eigenvalue weighted by molar-refractivity contribution is 5.94. The van der Waals surface area contributed by atoms with Crippen molar-refractivity contribution >= 4 is 42.1 Å². The third-order valence-corrected chi connectivity index (χ3v) is 4.28. The minimum atomic E-state index is -0.551. The monoisotopic (exact) mass is 454 g/mol. The molecule has 9 heteroatoms. The molecule has 0 radical (unpaired) electrons. The molecule has 0 aliphatic rings. The van der Waals surface area contributed by atoms with Gasteiger partial charge in [0.15, 0.2) is 11.5 Å². The number of nitrogens with one attached hydrogen (secondary N) is 1. The number of carbonyl (C=O) groups excluding carboxylic acids is 1. The van der Waals surface area contributed by atoms with Gasteiger partial charge in [0.1, 0.15) is 12.3 Å².